The Labute approximate surface area is 155 Å². The fourth-order valence-corrected chi connectivity index (χ4v) is 3.55. The summed E-state index contributed by atoms with van der Waals surface area (Å²) in [5, 5.41) is 5.31. The number of methoxy groups -OCH3 is 1. The topological polar surface area (TPSA) is 79.9 Å². The van der Waals surface area contributed by atoms with Gasteiger partial charge in [-0.1, -0.05) is 11.6 Å². The van der Waals surface area contributed by atoms with Crippen LogP contribution >= 0.6 is 11.6 Å². The molecule has 7 heteroatoms. The standard InChI is InChI=1S/C19H19ClN4O2/c1-26-10-18-23-16(9-19(25)24-18)11-6-13(7-11)22-15-4-5-21-17-8-12(20)2-3-14(15)17/h2-5,8-9,11,13H,6-7,10H2,1H3,(H,21,22)(H,23,24,25). The largest absolute Gasteiger partial charge is 0.382 e. The first-order chi connectivity index (χ1) is 12.6. The highest BCUT2D eigenvalue weighted by Gasteiger charge is 2.32. The molecule has 1 saturated carbocycles. The van der Waals surface area contributed by atoms with Gasteiger partial charge in [0.2, 0.25) is 0 Å². The first kappa shape index (κ1) is 17.0. The van der Waals surface area contributed by atoms with Gasteiger partial charge in [-0.2, -0.15) is 0 Å². The number of anilines is 1. The molecule has 1 fully saturated rings. The number of benzene rings is 1. The molecule has 0 unspecified atom stereocenters. The van der Waals surface area contributed by atoms with E-state index in [1.165, 1.54) is 0 Å². The highest BCUT2D eigenvalue weighted by molar-refractivity contribution is 6.31. The Balaban J connectivity index is 1.47. The number of hydrogen-bond acceptors (Lipinski definition) is 5. The van der Waals surface area contributed by atoms with Crippen molar-refractivity contribution in [3.05, 3.63) is 63.4 Å². The van der Waals surface area contributed by atoms with Crippen LogP contribution in [0.25, 0.3) is 10.9 Å². The summed E-state index contributed by atoms with van der Waals surface area (Å²) in [4.78, 5) is 23.4. The van der Waals surface area contributed by atoms with Crippen LogP contribution in [-0.4, -0.2) is 28.1 Å². The van der Waals surface area contributed by atoms with Gasteiger partial charge in [-0.25, -0.2) is 4.98 Å². The summed E-state index contributed by atoms with van der Waals surface area (Å²) < 4.78 is 5.06. The molecule has 134 valence electrons. The molecule has 26 heavy (non-hydrogen) atoms. The van der Waals surface area contributed by atoms with E-state index in [1.807, 2.05) is 24.3 Å². The number of halogens is 1. The van der Waals surface area contributed by atoms with Crippen molar-refractivity contribution in [3.63, 3.8) is 0 Å². The van der Waals surface area contributed by atoms with Crippen molar-refractivity contribution in [2.24, 2.45) is 0 Å². The van der Waals surface area contributed by atoms with Crippen LogP contribution in [0.1, 0.15) is 30.3 Å². The van der Waals surface area contributed by atoms with Gasteiger partial charge in [-0.05, 0) is 37.1 Å². The van der Waals surface area contributed by atoms with Gasteiger partial charge < -0.3 is 15.0 Å². The maximum Gasteiger partial charge on any atom is 0.251 e. The number of rotatable bonds is 5. The number of aromatic amines is 1. The van der Waals surface area contributed by atoms with Gasteiger partial charge >= 0.3 is 0 Å². The van der Waals surface area contributed by atoms with E-state index < -0.39 is 0 Å². The van der Waals surface area contributed by atoms with Crippen molar-refractivity contribution in [1.29, 1.82) is 0 Å². The lowest BCUT2D eigenvalue weighted by molar-refractivity contribution is 0.177. The van der Waals surface area contributed by atoms with Crippen molar-refractivity contribution in [2.45, 2.75) is 31.4 Å². The summed E-state index contributed by atoms with van der Waals surface area (Å²) in [6, 6.07) is 9.63. The Morgan fingerprint density at radius 2 is 2.15 bits per heavy atom. The molecule has 0 bridgehead atoms. The number of fused-ring (bicyclic) bond motifs is 1. The summed E-state index contributed by atoms with van der Waals surface area (Å²) >= 11 is 6.05. The summed E-state index contributed by atoms with van der Waals surface area (Å²) in [5.41, 5.74) is 2.63. The minimum absolute atomic E-state index is 0.129. The van der Waals surface area contributed by atoms with Crippen LogP contribution in [0.4, 0.5) is 5.69 Å². The third-order valence-corrected chi connectivity index (χ3v) is 4.95. The van der Waals surface area contributed by atoms with Crippen molar-refractivity contribution in [2.75, 3.05) is 12.4 Å². The molecule has 0 atom stereocenters. The maximum absolute atomic E-state index is 11.8. The van der Waals surface area contributed by atoms with Gasteiger partial charge in [0, 0.05) is 47.4 Å². The third kappa shape index (κ3) is 3.43. The Hall–Kier alpha value is -2.44. The predicted octanol–water partition coefficient (Wildman–Crippen LogP) is 3.48. The molecule has 1 aliphatic rings. The van der Waals surface area contributed by atoms with Crippen molar-refractivity contribution in [3.8, 4) is 0 Å². The predicted molar refractivity (Wildman–Crippen MR) is 102 cm³/mol. The first-order valence-electron chi connectivity index (χ1n) is 8.52. The van der Waals surface area contributed by atoms with E-state index in [2.05, 4.69) is 20.3 Å². The molecule has 2 N–H and O–H groups in total. The number of aromatic nitrogens is 3. The summed E-state index contributed by atoms with van der Waals surface area (Å²) in [6.45, 7) is 0.309. The number of nitrogens with zero attached hydrogens (tertiary/aromatic N) is 2. The minimum Gasteiger partial charge on any atom is -0.382 e. The lowest BCUT2D eigenvalue weighted by Gasteiger charge is -2.36. The second-order valence-electron chi connectivity index (χ2n) is 6.58. The van der Waals surface area contributed by atoms with Gasteiger partial charge in [0.15, 0.2) is 0 Å². The van der Waals surface area contributed by atoms with Crippen LogP contribution in [0.15, 0.2) is 41.3 Å². The van der Waals surface area contributed by atoms with E-state index in [0.717, 1.165) is 35.1 Å². The first-order valence-corrected chi connectivity index (χ1v) is 8.90. The van der Waals surface area contributed by atoms with Crippen LogP contribution in [-0.2, 0) is 11.3 Å². The molecule has 0 saturated heterocycles. The number of H-pyrrole nitrogens is 1. The molecular weight excluding hydrogens is 352 g/mol. The zero-order chi connectivity index (χ0) is 18.1. The smallest absolute Gasteiger partial charge is 0.251 e. The van der Waals surface area contributed by atoms with E-state index in [1.54, 1.807) is 19.4 Å². The van der Waals surface area contributed by atoms with Crippen LogP contribution in [0.3, 0.4) is 0 Å². The Morgan fingerprint density at radius 3 is 2.96 bits per heavy atom. The Kier molecular flexibility index (Phi) is 4.61. The van der Waals surface area contributed by atoms with Crippen LogP contribution in [0.2, 0.25) is 5.02 Å². The van der Waals surface area contributed by atoms with Gasteiger partial charge in [-0.15, -0.1) is 0 Å². The summed E-state index contributed by atoms with van der Waals surface area (Å²) in [5.74, 6) is 0.858. The fourth-order valence-electron chi connectivity index (χ4n) is 3.39. The van der Waals surface area contributed by atoms with Crippen LogP contribution in [0, 0.1) is 0 Å². The molecule has 2 heterocycles. The van der Waals surface area contributed by atoms with Crippen molar-refractivity contribution < 1.29 is 4.74 Å². The Bertz CT molecular complexity index is 998. The van der Waals surface area contributed by atoms with E-state index >= 15 is 0 Å². The summed E-state index contributed by atoms with van der Waals surface area (Å²) in [7, 11) is 1.59. The SMILES string of the molecule is COCc1nc(C2CC(Nc3ccnc4cc(Cl)ccc34)C2)cc(=O)[nH]1. The zero-order valence-electron chi connectivity index (χ0n) is 14.3. The van der Waals surface area contributed by atoms with E-state index in [9.17, 15) is 4.79 Å². The summed E-state index contributed by atoms with van der Waals surface area (Å²) in [6.07, 6.45) is 3.65. The van der Waals surface area contributed by atoms with E-state index in [4.69, 9.17) is 16.3 Å². The molecule has 3 aromatic rings. The van der Waals surface area contributed by atoms with Crippen molar-refractivity contribution in [1.82, 2.24) is 15.0 Å². The minimum atomic E-state index is -0.129. The lowest BCUT2D eigenvalue weighted by atomic mass is 9.78. The number of nitrogens with one attached hydrogen (secondary N) is 2. The van der Waals surface area contributed by atoms with Crippen molar-refractivity contribution >= 4 is 28.2 Å². The molecule has 0 spiro atoms. The van der Waals surface area contributed by atoms with Crippen LogP contribution < -0.4 is 10.9 Å². The van der Waals surface area contributed by atoms with Crippen LogP contribution in [0.5, 0.6) is 0 Å². The normalized spacial score (nSPS) is 19.3. The third-order valence-electron chi connectivity index (χ3n) is 4.71. The van der Waals surface area contributed by atoms with E-state index in [-0.39, 0.29) is 11.5 Å². The van der Waals surface area contributed by atoms with E-state index in [0.29, 0.717) is 23.5 Å². The average molecular weight is 371 g/mol. The fraction of sp³-hybridized carbons (Fsp3) is 0.316. The highest BCUT2D eigenvalue weighted by Crippen LogP contribution is 2.38. The zero-order valence-corrected chi connectivity index (χ0v) is 15.1. The second kappa shape index (κ2) is 7.05. The molecule has 6 nitrogen and oxygen atoms in total. The Morgan fingerprint density at radius 1 is 1.31 bits per heavy atom. The number of hydrogen-bond donors (Lipinski definition) is 2. The molecule has 1 aliphatic carbocycles. The average Bonchev–Trinajstić information content (AvgIpc) is 2.57. The monoisotopic (exact) mass is 370 g/mol. The molecular formula is C19H19ClN4O2. The van der Waals surface area contributed by atoms with Gasteiger partial charge in [0.1, 0.15) is 12.4 Å². The molecule has 0 amide bonds. The van der Waals surface area contributed by atoms with Gasteiger partial charge in [0.05, 0.1) is 11.2 Å². The molecule has 0 aliphatic heterocycles. The second-order valence-corrected chi connectivity index (χ2v) is 7.02. The van der Waals surface area contributed by atoms with Gasteiger partial charge in [-0.3, -0.25) is 9.78 Å². The molecule has 0 radical (unpaired) electrons. The highest BCUT2D eigenvalue weighted by atomic mass is 35.5. The molecule has 4 rings (SSSR count). The number of pyridine rings is 1. The maximum atomic E-state index is 11.8. The number of ether oxygens (including phenoxy) is 1. The molecule has 1 aromatic carbocycles. The van der Waals surface area contributed by atoms with Gasteiger partial charge in [0.25, 0.3) is 5.56 Å². The lowest BCUT2D eigenvalue weighted by Crippen LogP contribution is -2.35. The molecule has 2 aromatic heterocycles. The quantitative estimate of drug-likeness (QED) is 0.718.